The maximum Gasteiger partial charge on any atom is 0.243 e. The van der Waals surface area contributed by atoms with Crippen LogP contribution >= 0.6 is 0 Å². The van der Waals surface area contributed by atoms with Crippen LogP contribution < -0.4 is 10.5 Å². The third-order valence-corrected chi connectivity index (χ3v) is 5.82. The molecule has 134 valence electrons. The van der Waals surface area contributed by atoms with E-state index in [0.29, 0.717) is 19.0 Å². The summed E-state index contributed by atoms with van der Waals surface area (Å²) in [6, 6.07) is 5.15. The molecule has 1 aromatic rings. The molecule has 6 nitrogen and oxygen atoms in total. The van der Waals surface area contributed by atoms with Crippen LogP contribution in [0.4, 0.5) is 4.39 Å². The standard InChI is InChI=1S/C16H24FN3O3S/c1-12-7-9-20(13(10-12)11-18)16(21)6-8-19-24(22,23)15-5-3-2-4-14(15)17/h2-5,12-13,19H,6-11,18H2,1H3. The van der Waals surface area contributed by atoms with Crippen molar-refractivity contribution in [2.24, 2.45) is 11.7 Å². The minimum atomic E-state index is -3.97. The highest BCUT2D eigenvalue weighted by atomic mass is 32.2. The second-order valence-electron chi connectivity index (χ2n) is 6.18. The van der Waals surface area contributed by atoms with E-state index in [1.807, 2.05) is 0 Å². The van der Waals surface area contributed by atoms with Gasteiger partial charge in [-0.05, 0) is 30.9 Å². The first-order valence-corrected chi connectivity index (χ1v) is 9.57. The second kappa shape index (κ2) is 8.04. The normalized spacial score (nSPS) is 21.7. The number of benzene rings is 1. The predicted octanol–water partition coefficient (Wildman–Crippen LogP) is 1.08. The van der Waals surface area contributed by atoms with Crippen LogP contribution in [0.15, 0.2) is 29.2 Å². The van der Waals surface area contributed by atoms with Crippen molar-refractivity contribution in [3.8, 4) is 0 Å². The second-order valence-corrected chi connectivity index (χ2v) is 7.92. The third kappa shape index (κ3) is 4.52. The van der Waals surface area contributed by atoms with Gasteiger partial charge in [0.15, 0.2) is 0 Å². The van der Waals surface area contributed by atoms with Crippen molar-refractivity contribution in [3.63, 3.8) is 0 Å². The van der Waals surface area contributed by atoms with E-state index in [0.717, 1.165) is 18.9 Å². The molecule has 3 N–H and O–H groups in total. The van der Waals surface area contributed by atoms with Crippen molar-refractivity contribution < 1.29 is 17.6 Å². The number of carbonyl (C=O) groups excluding carboxylic acids is 1. The van der Waals surface area contributed by atoms with E-state index in [-0.39, 0.29) is 24.9 Å². The van der Waals surface area contributed by atoms with Gasteiger partial charge < -0.3 is 10.6 Å². The van der Waals surface area contributed by atoms with E-state index in [2.05, 4.69) is 11.6 Å². The molecule has 1 aromatic carbocycles. The molecule has 1 heterocycles. The molecule has 1 saturated heterocycles. The van der Waals surface area contributed by atoms with Gasteiger partial charge >= 0.3 is 0 Å². The van der Waals surface area contributed by atoms with Gasteiger partial charge in [0, 0.05) is 32.1 Å². The number of hydrogen-bond donors (Lipinski definition) is 2. The van der Waals surface area contributed by atoms with Crippen molar-refractivity contribution in [1.29, 1.82) is 0 Å². The Balaban J connectivity index is 1.91. The number of hydrogen-bond acceptors (Lipinski definition) is 4. The summed E-state index contributed by atoms with van der Waals surface area (Å²) in [7, 11) is -3.97. The Morgan fingerprint density at radius 3 is 2.79 bits per heavy atom. The van der Waals surface area contributed by atoms with E-state index in [1.165, 1.54) is 18.2 Å². The van der Waals surface area contributed by atoms with Gasteiger partial charge in [-0.2, -0.15) is 0 Å². The smallest absolute Gasteiger partial charge is 0.243 e. The summed E-state index contributed by atoms with van der Waals surface area (Å²) in [6.07, 6.45) is 1.81. The topological polar surface area (TPSA) is 92.5 Å². The van der Waals surface area contributed by atoms with Crippen LogP contribution in [0.1, 0.15) is 26.2 Å². The number of nitrogens with two attached hydrogens (primary N) is 1. The molecule has 0 saturated carbocycles. The Bertz CT molecular complexity index is 681. The van der Waals surface area contributed by atoms with Crippen molar-refractivity contribution >= 4 is 15.9 Å². The lowest BCUT2D eigenvalue weighted by atomic mass is 9.92. The van der Waals surface area contributed by atoms with Crippen molar-refractivity contribution in [2.45, 2.75) is 37.1 Å². The highest BCUT2D eigenvalue weighted by Gasteiger charge is 2.28. The summed E-state index contributed by atoms with van der Waals surface area (Å²) in [6.45, 7) is 3.10. The van der Waals surface area contributed by atoms with E-state index >= 15 is 0 Å². The number of sulfonamides is 1. The predicted molar refractivity (Wildman–Crippen MR) is 89.2 cm³/mol. The van der Waals surface area contributed by atoms with Gasteiger partial charge in [-0.1, -0.05) is 19.1 Å². The Labute approximate surface area is 142 Å². The quantitative estimate of drug-likeness (QED) is 0.797. The maximum atomic E-state index is 13.6. The van der Waals surface area contributed by atoms with Crippen LogP contribution in [-0.2, 0) is 14.8 Å². The first-order valence-electron chi connectivity index (χ1n) is 8.09. The van der Waals surface area contributed by atoms with E-state index in [4.69, 9.17) is 5.73 Å². The lowest BCUT2D eigenvalue weighted by Gasteiger charge is -2.38. The third-order valence-electron chi connectivity index (χ3n) is 4.33. The van der Waals surface area contributed by atoms with Crippen LogP contribution in [-0.4, -0.2) is 44.9 Å². The molecule has 0 bridgehead atoms. The molecule has 0 spiro atoms. The number of nitrogens with one attached hydrogen (secondary N) is 1. The fourth-order valence-corrected chi connectivity index (χ4v) is 4.09. The first kappa shape index (κ1) is 18.8. The summed E-state index contributed by atoms with van der Waals surface area (Å²) in [5.74, 6) is -0.416. The Hall–Kier alpha value is -1.51. The molecule has 0 aromatic heterocycles. The lowest BCUT2D eigenvalue weighted by molar-refractivity contribution is -0.135. The molecule has 24 heavy (non-hydrogen) atoms. The largest absolute Gasteiger partial charge is 0.338 e. The highest BCUT2D eigenvalue weighted by Crippen LogP contribution is 2.22. The summed E-state index contributed by atoms with van der Waals surface area (Å²) >= 11 is 0. The fourth-order valence-electron chi connectivity index (χ4n) is 2.98. The minimum Gasteiger partial charge on any atom is -0.338 e. The van der Waals surface area contributed by atoms with Gasteiger partial charge in [0.2, 0.25) is 15.9 Å². The number of halogens is 1. The minimum absolute atomic E-state index is 0.00410. The summed E-state index contributed by atoms with van der Waals surface area (Å²) in [5.41, 5.74) is 5.74. The molecule has 0 aliphatic carbocycles. The van der Waals surface area contributed by atoms with Crippen LogP contribution in [0.25, 0.3) is 0 Å². The SMILES string of the molecule is CC1CCN(C(=O)CCNS(=O)(=O)c2ccccc2F)C(CN)C1. The number of likely N-dealkylation sites (tertiary alicyclic amines) is 1. The zero-order valence-corrected chi connectivity index (χ0v) is 14.6. The number of nitrogens with zero attached hydrogens (tertiary/aromatic N) is 1. The van der Waals surface area contributed by atoms with Crippen molar-refractivity contribution in [3.05, 3.63) is 30.1 Å². The fraction of sp³-hybridized carbons (Fsp3) is 0.562. The maximum absolute atomic E-state index is 13.6. The van der Waals surface area contributed by atoms with Gasteiger partial charge in [0.1, 0.15) is 10.7 Å². The van der Waals surface area contributed by atoms with Gasteiger partial charge in [-0.3, -0.25) is 4.79 Å². The molecule has 1 aliphatic heterocycles. The zero-order chi connectivity index (χ0) is 17.7. The zero-order valence-electron chi connectivity index (χ0n) is 13.7. The Kier molecular flexibility index (Phi) is 6.31. The molecule has 2 rings (SSSR count). The van der Waals surface area contributed by atoms with E-state index in [9.17, 15) is 17.6 Å². The van der Waals surface area contributed by atoms with Crippen LogP contribution in [0.5, 0.6) is 0 Å². The summed E-state index contributed by atoms with van der Waals surface area (Å²) in [4.78, 5) is 13.6. The van der Waals surface area contributed by atoms with Crippen LogP contribution in [0, 0.1) is 11.7 Å². The Morgan fingerprint density at radius 2 is 2.12 bits per heavy atom. The Morgan fingerprint density at radius 1 is 1.42 bits per heavy atom. The summed E-state index contributed by atoms with van der Waals surface area (Å²) in [5, 5.41) is 0. The monoisotopic (exact) mass is 357 g/mol. The molecule has 2 unspecified atom stereocenters. The highest BCUT2D eigenvalue weighted by molar-refractivity contribution is 7.89. The molecule has 8 heteroatoms. The molecule has 2 atom stereocenters. The molecular formula is C16H24FN3O3S. The number of carbonyl (C=O) groups is 1. The number of piperidine rings is 1. The average Bonchev–Trinajstić information content (AvgIpc) is 2.54. The molecule has 1 aliphatic rings. The number of amides is 1. The molecular weight excluding hydrogens is 333 g/mol. The van der Waals surface area contributed by atoms with Gasteiger partial charge in [0.25, 0.3) is 0 Å². The lowest BCUT2D eigenvalue weighted by Crippen LogP contribution is -2.49. The van der Waals surface area contributed by atoms with Crippen molar-refractivity contribution in [2.75, 3.05) is 19.6 Å². The van der Waals surface area contributed by atoms with Crippen molar-refractivity contribution in [1.82, 2.24) is 9.62 Å². The molecule has 0 radical (unpaired) electrons. The first-order chi connectivity index (χ1) is 11.3. The van der Waals surface area contributed by atoms with E-state index < -0.39 is 20.7 Å². The van der Waals surface area contributed by atoms with Gasteiger partial charge in [-0.25, -0.2) is 17.5 Å². The average molecular weight is 357 g/mol. The summed E-state index contributed by atoms with van der Waals surface area (Å²) < 4.78 is 40.0. The van der Waals surface area contributed by atoms with Crippen LogP contribution in [0.2, 0.25) is 0 Å². The van der Waals surface area contributed by atoms with Crippen LogP contribution in [0.3, 0.4) is 0 Å². The van der Waals surface area contributed by atoms with E-state index in [1.54, 1.807) is 4.90 Å². The molecule has 1 fully saturated rings. The molecule has 1 amide bonds. The van der Waals surface area contributed by atoms with Gasteiger partial charge in [-0.15, -0.1) is 0 Å². The number of rotatable bonds is 6. The van der Waals surface area contributed by atoms with Gasteiger partial charge in [0.05, 0.1) is 0 Å².